The van der Waals surface area contributed by atoms with Crippen LogP contribution in [0.1, 0.15) is 31.9 Å². The normalized spacial score (nSPS) is 24.1. The quantitative estimate of drug-likeness (QED) is 0.592. The van der Waals surface area contributed by atoms with Crippen LogP contribution in [0.2, 0.25) is 0 Å². The van der Waals surface area contributed by atoms with Crippen LogP contribution in [0, 0.1) is 5.41 Å². The lowest BCUT2D eigenvalue weighted by molar-refractivity contribution is -0.182. The maximum absolute atomic E-state index is 12.7. The number of benzene rings is 1. The maximum atomic E-state index is 12.7. The van der Waals surface area contributed by atoms with Crippen molar-refractivity contribution in [3.05, 3.63) is 35.9 Å². The summed E-state index contributed by atoms with van der Waals surface area (Å²) in [6, 6.07) is 9.05. The Hall–Kier alpha value is -2.41. The lowest BCUT2D eigenvalue weighted by atomic mass is 9.85. The predicted molar refractivity (Wildman–Crippen MR) is 86.1 cm³/mol. The van der Waals surface area contributed by atoms with Crippen molar-refractivity contribution < 1.29 is 28.6 Å². The standard InChI is InChI=1S/C18H21NO6/c1-3-23-16(21)18(17(22)24-4-2)10-14(20)19-13(11-25-15(18)19)12-8-6-5-7-9-12/h5-9,13,15H,3-4,10-11H2,1-2H3/t13-,15-/m0/s1. The zero-order valence-electron chi connectivity index (χ0n) is 14.3. The van der Waals surface area contributed by atoms with Crippen molar-refractivity contribution in [3.8, 4) is 0 Å². The molecule has 1 amide bonds. The molecule has 7 nitrogen and oxygen atoms in total. The van der Waals surface area contributed by atoms with Crippen molar-refractivity contribution in [2.45, 2.75) is 32.5 Å². The van der Waals surface area contributed by atoms with Crippen molar-refractivity contribution in [2.24, 2.45) is 5.41 Å². The van der Waals surface area contributed by atoms with Crippen LogP contribution >= 0.6 is 0 Å². The van der Waals surface area contributed by atoms with Gasteiger partial charge in [-0.25, -0.2) is 0 Å². The van der Waals surface area contributed by atoms with Gasteiger partial charge in [-0.3, -0.25) is 14.4 Å². The number of fused-ring (bicyclic) bond motifs is 1. The zero-order valence-corrected chi connectivity index (χ0v) is 14.3. The molecule has 3 rings (SSSR count). The van der Waals surface area contributed by atoms with E-state index in [-0.39, 0.29) is 38.2 Å². The van der Waals surface area contributed by atoms with Gasteiger partial charge in [-0.1, -0.05) is 30.3 Å². The van der Waals surface area contributed by atoms with Gasteiger partial charge in [0.05, 0.1) is 32.3 Å². The van der Waals surface area contributed by atoms with Crippen LogP contribution < -0.4 is 0 Å². The van der Waals surface area contributed by atoms with E-state index in [2.05, 4.69) is 0 Å². The molecular formula is C18H21NO6. The van der Waals surface area contributed by atoms with E-state index in [9.17, 15) is 14.4 Å². The minimum absolute atomic E-state index is 0.100. The van der Waals surface area contributed by atoms with Crippen molar-refractivity contribution in [1.82, 2.24) is 4.90 Å². The van der Waals surface area contributed by atoms with Gasteiger partial charge in [-0.2, -0.15) is 0 Å². The van der Waals surface area contributed by atoms with Crippen LogP contribution in [-0.2, 0) is 28.6 Å². The fourth-order valence-electron chi connectivity index (χ4n) is 3.49. The molecule has 134 valence electrons. The Morgan fingerprint density at radius 1 is 1.16 bits per heavy atom. The molecule has 25 heavy (non-hydrogen) atoms. The van der Waals surface area contributed by atoms with Gasteiger partial charge < -0.3 is 19.1 Å². The number of rotatable bonds is 5. The minimum atomic E-state index is -1.77. The molecule has 1 aromatic carbocycles. The number of esters is 2. The van der Waals surface area contributed by atoms with Crippen LogP contribution in [0.15, 0.2) is 30.3 Å². The smallest absolute Gasteiger partial charge is 0.328 e. The highest BCUT2D eigenvalue weighted by atomic mass is 16.6. The van der Waals surface area contributed by atoms with Crippen LogP contribution in [-0.4, -0.2) is 48.8 Å². The summed E-state index contributed by atoms with van der Waals surface area (Å²) in [7, 11) is 0. The van der Waals surface area contributed by atoms with E-state index in [1.807, 2.05) is 30.3 Å². The second-order valence-corrected chi connectivity index (χ2v) is 6.00. The Morgan fingerprint density at radius 2 is 1.76 bits per heavy atom. The van der Waals surface area contributed by atoms with Gasteiger partial charge in [0.15, 0.2) is 6.23 Å². The molecule has 2 heterocycles. The second-order valence-electron chi connectivity index (χ2n) is 6.00. The van der Waals surface area contributed by atoms with Crippen LogP contribution in [0.5, 0.6) is 0 Å². The summed E-state index contributed by atoms with van der Waals surface area (Å²) < 4.78 is 16.0. The van der Waals surface area contributed by atoms with Gasteiger partial charge in [-0.05, 0) is 19.4 Å². The molecule has 0 N–H and O–H groups in total. The topological polar surface area (TPSA) is 82.1 Å². The lowest BCUT2D eigenvalue weighted by Crippen LogP contribution is -2.50. The van der Waals surface area contributed by atoms with E-state index >= 15 is 0 Å². The minimum Gasteiger partial charge on any atom is -0.465 e. The lowest BCUT2D eigenvalue weighted by Gasteiger charge is -2.29. The van der Waals surface area contributed by atoms with E-state index in [1.165, 1.54) is 4.90 Å². The molecule has 0 bridgehead atoms. The van der Waals surface area contributed by atoms with Crippen molar-refractivity contribution in [1.29, 1.82) is 0 Å². The summed E-state index contributed by atoms with van der Waals surface area (Å²) in [5, 5.41) is 0. The van der Waals surface area contributed by atoms with E-state index < -0.39 is 23.6 Å². The van der Waals surface area contributed by atoms with Gasteiger partial charge in [0.2, 0.25) is 11.3 Å². The molecule has 1 aromatic rings. The SMILES string of the molecule is CCOC(=O)C1(C(=O)OCC)CC(=O)N2[C@H]1OC[C@H]2c1ccccc1. The summed E-state index contributed by atoms with van der Waals surface area (Å²) in [5.74, 6) is -1.87. The average Bonchev–Trinajstić information content (AvgIpc) is 3.17. The van der Waals surface area contributed by atoms with E-state index in [0.29, 0.717) is 0 Å². The molecule has 0 spiro atoms. The molecular weight excluding hydrogens is 326 g/mol. The Balaban J connectivity index is 1.99. The molecule has 0 aliphatic carbocycles. The first-order valence-corrected chi connectivity index (χ1v) is 8.38. The van der Waals surface area contributed by atoms with E-state index in [1.54, 1.807) is 13.8 Å². The molecule has 2 aliphatic rings. The summed E-state index contributed by atoms with van der Waals surface area (Å²) in [6.07, 6.45) is -1.32. The maximum Gasteiger partial charge on any atom is 0.328 e. The molecule has 0 unspecified atom stereocenters. The predicted octanol–water partition coefficient (Wildman–Crippen LogP) is 1.43. The molecule has 7 heteroatoms. The Labute approximate surface area is 145 Å². The van der Waals surface area contributed by atoms with Gasteiger partial charge in [0.25, 0.3) is 0 Å². The molecule has 2 fully saturated rings. The fraction of sp³-hybridized carbons (Fsp3) is 0.500. The monoisotopic (exact) mass is 347 g/mol. The van der Waals surface area contributed by atoms with Crippen molar-refractivity contribution in [3.63, 3.8) is 0 Å². The first-order valence-electron chi connectivity index (χ1n) is 8.38. The van der Waals surface area contributed by atoms with Gasteiger partial charge in [0, 0.05) is 0 Å². The Morgan fingerprint density at radius 3 is 2.32 bits per heavy atom. The second kappa shape index (κ2) is 6.84. The Kier molecular flexibility index (Phi) is 4.76. The highest BCUT2D eigenvalue weighted by Crippen LogP contribution is 2.48. The summed E-state index contributed by atoms with van der Waals surface area (Å²) >= 11 is 0. The summed E-state index contributed by atoms with van der Waals surface area (Å²) in [5.41, 5.74) is -0.881. The van der Waals surface area contributed by atoms with Gasteiger partial charge in [-0.15, -0.1) is 0 Å². The fourth-order valence-corrected chi connectivity index (χ4v) is 3.49. The van der Waals surface area contributed by atoms with Crippen molar-refractivity contribution >= 4 is 17.8 Å². The van der Waals surface area contributed by atoms with Crippen molar-refractivity contribution in [2.75, 3.05) is 19.8 Å². The zero-order chi connectivity index (χ0) is 18.0. The largest absolute Gasteiger partial charge is 0.465 e. The number of carbonyl (C=O) groups is 3. The highest BCUT2D eigenvalue weighted by molar-refractivity contribution is 6.07. The highest BCUT2D eigenvalue weighted by Gasteiger charge is 2.68. The third-order valence-corrected chi connectivity index (χ3v) is 4.60. The first-order chi connectivity index (χ1) is 12.1. The van der Waals surface area contributed by atoms with Crippen LogP contribution in [0.3, 0.4) is 0 Å². The first kappa shape index (κ1) is 17.4. The van der Waals surface area contributed by atoms with Gasteiger partial charge in [0.1, 0.15) is 0 Å². The molecule has 0 saturated carbocycles. The Bertz CT molecular complexity index is 655. The molecule has 2 saturated heterocycles. The molecule has 0 radical (unpaired) electrons. The third kappa shape index (κ3) is 2.68. The number of carbonyl (C=O) groups excluding carboxylic acids is 3. The van der Waals surface area contributed by atoms with E-state index in [4.69, 9.17) is 14.2 Å². The summed E-state index contributed by atoms with van der Waals surface area (Å²) in [6.45, 7) is 3.70. The summed E-state index contributed by atoms with van der Waals surface area (Å²) in [4.78, 5) is 39.4. The number of hydrogen-bond donors (Lipinski definition) is 0. The van der Waals surface area contributed by atoms with Gasteiger partial charge >= 0.3 is 11.9 Å². The number of nitrogens with zero attached hydrogens (tertiary/aromatic N) is 1. The van der Waals surface area contributed by atoms with E-state index in [0.717, 1.165) is 5.56 Å². The number of ether oxygens (including phenoxy) is 3. The average molecular weight is 347 g/mol. The molecule has 0 aromatic heterocycles. The third-order valence-electron chi connectivity index (χ3n) is 4.60. The van der Waals surface area contributed by atoms with Crippen LogP contribution in [0.25, 0.3) is 0 Å². The molecule has 2 atom stereocenters. The van der Waals surface area contributed by atoms with Crippen LogP contribution in [0.4, 0.5) is 0 Å². The molecule has 2 aliphatic heterocycles. The number of amides is 1. The number of hydrogen-bond acceptors (Lipinski definition) is 6.